The Hall–Kier alpha value is -1.46. The highest BCUT2D eigenvalue weighted by Crippen LogP contribution is 2.34. The normalized spacial score (nSPS) is 10.4. The number of ether oxygens (including phenoxy) is 2. The van der Waals surface area contributed by atoms with Gasteiger partial charge in [0.15, 0.2) is 11.5 Å². The maximum absolute atomic E-state index is 5.72. The Kier molecular flexibility index (Phi) is 5.30. The van der Waals surface area contributed by atoms with Crippen molar-refractivity contribution < 1.29 is 13.9 Å². The quantitative estimate of drug-likeness (QED) is 0.794. The third-order valence-electron chi connectivity index (χ3n) is 2.59. The van der Waals surface area contributed by atoms with E-state index in [0.717, 1.165) is 34.6 Å². The fraction of sp³-hybridized carbons (Fsp3) is 0.286. The van der Waals surface area contributed by atoms with E-state index in [0.29, 0.717) is 6.61 Å². The summed E-state index contributed by atoms with van der Waals surface area (Å²) >= 11 is 3.45. The van der Waals surface area contributed by atoms with Crippen LogP contribution in [0.5, 0.6) is 11.5 Å². The Bertz CT molecular complexity index is 499. The van der Waals surface area contributed by atoms with E-state index in [9.17, 15) is 0 Å². The van der Waals surface area contributed by atoms with E-state index in [1.165, 1.54) is 0 Å². The van der Waals surface area contributed by atoms with Gasteiger partial charge in [0.1, 0.15) is 6.61 Å². The van der Waals surface area contributed by atoms with Gasteiger partial charge in [0.2, 0.25) is 0 Å². The number of para-hydroxylation sites is 1. The average Bonchev–Trinajstić information content (AvgIpc) is 2.93. The summed E-state index contributed by atoms with van der Waals surface area (Å²) in [6, 6.07) is 7.65. The van der Waals surface area contributed by atoms with Gasteiger partial charge in [-0.3, -0.25) is 0 Å². The fourth-order valence-corrected chi connectivity index (χ4v) is 2.10. The van der Waals surface area contributed by atoms with Crippen LogP contribution in [0.2, 0.25) is 0 Å². The summed E-state index contributed by atoms with van der Waals surface area (Å²) in [6.45, 7) is 2.08. The van der Waals surface area contributed by atoms with Gasteiger partial charge in [-0.05, 0) is 34.1 Å². The maximum Gasteiger partial charge on any atom is 0.175 e. The number of hydrogen-bond donors (Lipinski definition) is 1. The minimum atomic E-state index is 0.566. The molecule has 1 heterocycles. The van der Waals surface area contributed by atoms with Crippen molar-refractivity contribution in [2.45, 2.75) is 6.54 Å². The van der Waals surface area contributed by atoms with Crippen molar-refractivity contribution in [3.63, 3.8) is 0 Å². The van der Waals surface area contributed by atoms with E-state index in [-0.39, 0.29) is 0 Å². The molecule has 102 valence electrons. The van der Waals surface area contributed by atoms with Crippen molar-refractivity contribution in [2.24, 2.45) is 0 Å². The molecule has 0 aliphatic heterocycles. The lowest BCUT2D eigenvalue weighted by Crippen LogP contribution is -2.20. The zero-order chi connectivity index (χ0) is 13.5. The predicted octanol–water partition coefficient (Wildman–Crippen LogP) is 3.22. The molecule has 19 heavy (non-hydrogen) atoms. The number of methoxy groups -OCH3 is 1. The van der Waals surface area contributed by atoms with Gasteiger partial charge in [0.05, 0.1) is 24.1 Å². The van der Waals surface area contributed by atoms with Crippen molar-refractivity contribution in [3.05, 3.63) is 46.8 Å². The lowest BCUT2D eigenvalue weighted by molar-refractivity contribution is 0.290. The van der Waals surface area contributed by atoms with Gasteiger partial charge in [-0.25, -0.2) is 0 Å². The summed E-state index contributed by atoms with van der Waals surface area (Å²) in [6.07, 6.45) is 3.39. The van der Waals surface area contributed by atoms with Crippen LogP contribution in [0.1, 0.15) is 5.56 Å². The standard InChI is InChI=1S/C14H16BrNO3/c1-17-13-4-2-3-12(15)14(13)19-8-6-16-9-11-5-7-18-10-11/h2-5,7,10,16H,6,8-9H2,1H3. The number of furan rings is 1. The van der Waals surface area contributed by atoms with Crippen molar-refractivity contribution in [1.82, 2.24) is 5.32 Å². The van der Waals surface area contributed by atoms with Crippen LogP contribution in [-0.4, -0.2) is 20.3 Å². The molecule has 1 aromatic heterocycles. The molecule has 2 rings (SSSR count). The second-order valence-electron chi connectivity index (χ2n) is 3.93. The molecule has 0 spiro atoms. The van der Waals surface area contributed by atoms with E-state index in [2.05, 4.69) is 21.2 Å². The number of benzene rings is 1. The molecule has 1 N–H and O–H groups in total. The summed E-state index contributed by atoms with van der Waals surface area (Å²) in [5.74, 6) is 1.46. The van der Waals surface area contributed by atoms with E-state index in [4.69, 9.17) is 13.9 Å². The molecule has 0 aliphatic carbocycles. The molecule has 0 atom stereocenters. The van der Waals surface area contributed by atoms with Gasteiger partial charge in [0, 0.05) is 18.7 Å². The molecule has 0 radical (unpaired) electrons. The molecule has 2 aromatic rings. The summed E-state index contributed by atoms with van der Waals surface area (Å²) in [7, 11) is 1.63. The summed E-state index contributed by atoms with van der Waals surface area (Å²) in [5, 5.41) is 3.27. The topological polar surface area (TPSA) is 43.6 Å². The molecular weight excluding hydrogens is 310 g/mol. The minimum absolute atomic E-state index is 0.566. The fourth-order valence-electron chi connectivity index (χ4n) is 1.64. The molecule has 0 amide bonds. The van der Waals surface area contributed by atoms with Gasteiger partial charge >= 0.3 is 0 Å². The Morgan fingerprint density at radius 1 is 1.32 bits per heavy atom. The number of halogens is 1. The second kappa shape index (κ2) is 7.21. The molecule has 5 heteroatoms. The Morgan fingerprint density at radius 2 is 2.21 bits per heavy atom. The third-order valence-corrected chi connectivity index (χ3v) is 3.21. The van der Waals surface area contributed by atoms with Crippen LogP contribution in [-0.2, 0) is 6.54 Å². The monoisotopic (exact) mass is 325 g/mol. The summed E-state index contributed by atoms with van der Waals surface area (Å²) in [4.78, 5) is 0. The average molecular weight is 326 g/mol. The molecule has 0 aliphatic rings. The number of hydrogen-bond acceptors (Lipinski definition) is 4. The van der Waals surface area contributed by atoms with Gasteiger partial charge in [-0.1, -0.05) is 6.07 Å². The van der Waals surface area contributed by atoms with Crippen molar-refractivity contribution in [3.8, 4) is 11.5 Å². The molecular formula is C14H16BrNO3. The smallest absolute Gasteiger partial charge is 0.175 e. The molecule has 0 unspecified atom stereocenters. The first-order valence-corrected chi connectivity index (χ1v) is 6.77. The van der Waals surface area contributed by atoms with Crippen LogP contribution >= 0.6 is 15.9 Å². The van der Waals surface area contributed by atoms with Crippen LogP contribution in [0.3, 0.4) is 0 Å². The lowest BCUT2D eigenvalue weighted by atomic mass is 10.3. The molecule has 0 saturated heterocycles. The van der Waals surface area contributed by atoms with Gasteiger partial charge in [0.25, 0.3) is 0 Å². The van der Waals surface area contributed by atoms with Crippen molar-refractivity contribution in [2.75, 3.05) is 20.3 Å². The van der Waals surface area contributed by atoms with Crippen LogP contribution in [0.25, 0.3) is 0 Å². The summed E-state index contributed by atoms with van der Waals surface area (Å²) in [5.41, 5.74) is 1.12. The molecule has 4 nitrogen and oxygen atoms in total. The third kappa shape index (κ3) is 4.01. The Labute approximate surface area is 120 Å². The van der Waals surface area contributed by atoms with Gasteiger partial charge in [-0.2, -0.15) is 0 Å². The van der Waals surface area contributed by atoms with E-state index < -0.39 is 0 Å². The Morgan fingerprint density at radius 3 is 2.95 bits per heavy atom. The lowest BCUT2D eigenvalue weighted by Gasteiger charge is -2.12. The van der Waals surface area contributed by atoms with Crippen LogP contribution in [0.15, 0.2) is 45.7 Å². The first-order valence-electron chi connectivity index (χ1n) is 5.98. The highest BCUT2D eigenvalue weighted by molar-refractivity contribution is 9.10. The van der Waals surface area contributed by atoms with Crippen LogP contribution < -0.4 is 14.8 Å². The largest absolute Gasteiger partial charge is 0.493 e. The van der Waals surface area contributed by atoms with E-state index >= 15 is 0 Å². The number of nitrogens with one attached hydrogen (secondary N) is 1. The van der Waals surface area contributed by atoms with Gasteiger partial charge < -0.3 is 19.2 Å². The van der Waals surface area contributed by atoms with E-state index in [1.807, 2.05) is 24.3 Å². The van der Waals surface area contributed by atoms with Crippen LogP contribution in [0.4, 0.5) is 0 Å². The Balaban J connectivity index is 1.76. The van der Waals surface area contributed by atoms with Crippen LogP contribution in [0, 0.1) is 0 Å². The first-order chi connectivity index (χ1) is 9.31. The minimum Gasteiger partial charge on any atom is -0.493 e. The predicted molar refractivity (Wildman–Crippen MR) is 76.6 cm³/mol. The molecule has 0 fully saturated rings. The zero-order valence-corrected chi connectivity index (χ0v) is 12.3. The highest BCUT2D eigenvalue weighted by atomic mass is 79.9. The zero-order valence-electron chi connectivity index (χ0n) is 10.7. The second-order valence-corrected chi connectivity index (χ2v) is 4.78. The van der Waals surface area contributed by atoms with Crippen molar-refractivity contribution >= 4 is 15.9 Å². The number of rotatable bonds is 7. The SMILES string of the molecule is COc1cccc(Br)c1OCCNCc1ccoc1. The van der Waals surface area contributed by atoms with Crippen molar-refractivity contribution in [1.29, 1.82) is 0 Å². The maximum atomic E-state index is 5.72. The molecule has 0 saturated carbocycles. The molecule has 1 aromatic carbocycles. The highest BCUT2D eigenvalue weighted by Gasteiger charge is 2.07. The molecule has 0 bridgehead atoms. The summed E-state index contributed by atoms with van der Waals surface area (Å²) < 4.78 is 16.9. The van der Waals surface area contributed by atoms with Gasteiger partial charge in [-0.15, -0.1) is 0 Å². The first kappa shape index (κ1) is 14.0. The van der Waals surface area contributed by atoms with E-state index in [1.54, 1.807) is 19.6 Å².